The monoisotopic (exact) mass is 306 g/mol. The Hall–Kier alpha value is -0.200. The second kappa shape index (κ2) is 13.5. The highest BCUT2D eigenvalue weighted by Gasteiger charge is 2.29. The molecule has 128 valence electrons. The van der Waals surface area contributed by atoms with Crippen molar-refractivity contribution in [3.8, 4) is 0 Å². The molecule has 0 aromatic heterocycles. The lowest BCUT2D eigenvalue weighted by Crippen LogP contribution is -2.45. The molecule has 0 rings (SSSR count). The summed E-state index contributed by atoms with van der Waals surface area (Å²) in [6, 6.07) is 0. The van der Waals surface area contributed by atoms with Gasteiger partial charge in [-0.25, -0.2) is 0 Å². The normalized spacial score (nSPS) is 17.4. The van der Waals surface area contributed by atoms with Crippen LogP contribution in [-0.2, 0) is 0 Å². The van der Waals surface area contributed by atoms with Crippen LogP contribution in [0.3, 0.4) is 0 Å². The van der Waals surface area contributed by atoms with Crippen molar-refractivity contribution < 1.29 is 25.5 Å². The molecule has 5 heteroatoms. The van der Waals surface area contributed by atoms with Crippen molar-refractivity contribution in [1.82, 2.24) is 0 Å². The predicted molar refractivity (Wildman–Crippen MR) is 83.0 cm³/mol. The van der Waals surface area contributed by atoms with E-state index in [9.17, 15) is 20.4 Å². The average molecular weight is 306 g/mol. The van der Waals surface area contributed by atoms with E-state index in [0.29, 0.717) is 6.42 Å². The van der Waals surface area contributed by atoms with Crippen LogP contribution in [0.1, 0.15) is 71.1 Å². The lowest BCUT2D eigenvalue weighted by atomic mass is 9.98. The topological polar surface area (TPSA) is 101 Å². The maximum Gasteiger partial charge on any atom is 0.110 e. The van der Waals surface area contributed by atoms with E-state index in [1.165, 1.54) is 38.5 Å². The number of rotatable bonds is 14. The van der Waals surface area contributed by atoms with Crippen LogP contribution in [0, 0.1) is 0 Å². The summed E-state index contributed by atoms with van der Waals surface area (Å²) >= 11 is 0. The van der Waals surface area contributed by atoms with Gasteiger partial charge in [0.2, 0.25) is 0 Å². The lowest BCUT2D eigenvalue weighted by Gasteiger charge is -2.25. The Kier molecular flexibility index (Phi) is 13.3. The molecule has 0 saturated heterocycles. The van der Waals surface area contributed by atoms with Crippen molar-refractivity contribution in [2.45, 2.75) is 95.5 Å². The Morgan fingerprint density at radius 1 is 0.619 bits per heavy atom. The van der Waals surface area contributed by atoms with Gasteiger partial charge in [0.25, 0.3) is 0 Å². The zero-order chi connectivity index (χ0) is 16.1. The van der Waals surface area contributed by atoms with Gasteiger partial charge in [0.05, 0.1) is 12.7 Å². The molecule has 0 bridgehead atoms. The molecule has 4 unspecified atom stereocenters. The first kappa shape index (κ1) is 20.8. The summed E-state index contributed by atoms with van der Waals surface area (Å²) in [6.45, 7) is 1.57. The molecule has 4 atom stereocenters. The smallest absolute Gasteiger partial charge is 0.110 e. The molecule has 0 radical (unpaired) electrons. The van der Waals surface area contributed by atoms with Crippen LogP contribution in [0.2, 0.25) is 0 Å². The Labute approximate surface area is 128 Å². The van der Waals surface area contributed by atoms with Crippen molar-refractivity contribution in [2.24, 2.45) is 0 Å². The zero-order valence-electron chi connectivity index (χ0n) is 13.3. The summed E-state index contributed by atoms with van der Waals surface area (Å²) in [5, 5.41) is 46.7. The largest absolute Gasteiger partial charge is 0.394 e. The van der Waals surface area contributed by atoms with E-state index >= 15 is 0 Å². The molecule has 0 aliphatic heterocycles. The molecule has 0 spiro atoms. The minimum absolute atomic E-state index is 0.395. The molecular weight excluding hydrogens is 272 g/mol. The molecule has 21 heavy (non-hydrogen) atoms. The van der Waals surface area contributed by atoms with Gasteiger partial charge in [-0.2, -0.15) is 0 Å². The highest BCUT2D eigenvalue weighted by molar-refractivity contribution is 4.80. The highest BCUT2D eigenvalue weighted by Crippen LogP contribution is 2.14. The van der Waals surface area contributed by atoms with Crippen LogP contribution in [0.5, 0.6) is 0 Å². The second-order valence-corrected chi connectivity index (χ2v) is 5.92. The fourth-order valence-corrected chi connectivity index (χ4v) is 2.40. The number of hydrogen-bond donors (Lipinski definition) is 5. The van der Waals surface area contributed by atoms with Crippen molar-refractivity contribution in [3.63, 3.8) is 0 Å². The summed E-state index contributed by atoms with van der Waals surface area (Å²) < 4.78 is 0. The van der Waals surface area contributed by atoms with Gasteiger partial charge in [-0.1, -0.05) is 64.7 Å². The molecule has 0 heterocycles. The van der Waals surface area contributed by atoms with Gasteiger partial charge in [-0.15, -0.1) is 0 Å². The fourth-order valence-electron chi connectivity index (χ4n) is 2.40. The first-order chi connectivity index (χ1) is 10.0. The third kappa shape index (κ3) is 10.2. The second-order valence-electron chi connectivity index (χ2n) is 5.92. The van der Waals surface area contributed by atoms with Crippen LogP contribution < -0.4 is 0 Å². The third-order valence-electron chi connectivity index (χ3n) is 3.93. The number of aliphatic hydroxyl groups is 5. The molecule has 0 aliphatic carbocycles. The van der Waals surface area contributed by atoms with Crippen LogP contribution >= 0.6 is 0 Å². The standard InChI is InChI=1S/C16H34O5/c1-2-3-4-5-6-7-8-9-10-11-13(18)15(20)16(21)14(19)12-17/h13-21H,2-12H2,1H3. The Balaban J connectivity index is 3.54. The lowest BCUT2D eigenvalue weighted by molar-refractivity contribution is -0.116. The Morgan fingerprint density at radius 3 is 1.52 bits per heavy atom. The summed E-state index contributed by atoms with van der Waals surface area (Å²) in [5.41, 5.74) is 0. The van der Waals surface area contributed by atoms with E-state index in [-0.39, 0.29) is 0 Å². The fraction of sp³-hybridized carbons (Fsp3) is 1.00. The van der Waals surface area contributed by atoms with Crippen molar-refractivity contribution >= 4 is 0 Å². The quantitative estimate of drug-likeness (QED) is 0.312. The summed E-state index contributed by atoms with van der Waals surface area (Å²) in [6.07, 6.45) is 5.53. The third-order valence-corrected chi connectivity index (χ3v) is 3.93. The van der Waals surface area contributed by atoms with Gasteiger partial charge in [-0.3, -0.25) is 0 Å². The molecule has 0 aromatic carbocycles. The van der Waals surface area contributed by atoms with Crippen molar-refractivity contribution in [1.29, 1.82) is 0 Å². The Morgan fingerprint density at radius 2 is 1.05 bits per heavy atom. The predicted octanol–water partition coefficient (Wildman–Crippen LogP) is 1.34. The molecular formula is C16H34O5. The number of unbranched alkanes of at least 4 members (excludes halogenated alkanes) is 8. The van der Waals surface area contributed by atoms with E-state index in [0.717, 1.165) is 19.3 Å². The number of hydrogen-bond acceptors (Lipinski definition) is 5. The summed E-state index contributed by atoms with van der Waals surface area (Å²) in [5.74, 6) is 0. The van der Waals surface area contributed by atoms with Crippen LogP contribution in [0.25, 0.3) is 0 Å². The van der Waals surface area contributed by atoms with Gasteiger partial charge < -0.3 is 25.5 Å². The minimum Gasteiger partial charge on any atom is -0.394 e. The minimum atomic E-state index is -1.51. The van der Waals surface area contributed by atoms with Crippen LogP contribution in [0.4, 0.5) is 0 Å². The van der Waals surface area contributed by atoms with Gasteiger partial charge in [0, 0.05) is 0 Å². The summed E-state index contributed by atoms with van der Waals surface area (Å²) in [7, 11) is 0. The van der Waals surface area contributed by atoms with E-state index in [1.54, 1.807) is 0 Å². The van der Waals surface area contributed by atoms with Gasteiger partial charge in [-0.05, 0) is 6.42 Å². The molecule has 5 nitrogen and oxygen atoms in total. The number of aliphatic hydroxyl groups excluding tert-OH is 5. The van der Waals surface area contributed by atoms with E-state index in [4.69, 9.17) is 5.11 Å². The average Bonchev–Trinajstić information content (AvgIpc) is 2.50. The SMILES string of the molecule is CCCCCCCCCCCC(O)C(O)C(O)C(O)CO. The first-order valence-corrected chi connectivity index (χ1v) is 8.37. The van der Waals surface area contributed by atoms with Gasteiger partial charge >= 0.3 is 0 Å². The van der Waals surface area contributed by atoms with Gasteiger partial charge in [0.15, 0.2) is 0 Å². The van der Waals surface area contributed by atoms with Crippen molar-refractivity contribution in [2.75, 3.05) is 6.61 Å². The summed E-state index contributed by atoms with van der Waals surface area (Å²) in [4.78, 5) is 0. The molecule has 0 saturated carbocycles. The molecule has 0 aromatic rings. The molecule has 0 fully saturated rings. The van der Waals surface area contributed by atoms with Crippen LogP contribution in [0.15, 0.2) is 0 Å². The molecule has 0 aliphatic rings. The Bertz CT molecular complexity index is 225. The molecule has 5 N–H and O–H groups in total. The zero-order valence-corrected chi connectivity index (χ0v) is 13.3. The van der Waals surface area contributed by atoms with E-state index in [2.05, 4.69) is 6.92 Å². The van der Waals surface area contributed by atoms with E-state index in [1.807, 2.05) is 0 Å². The molecule has 0 amide bonds. The maximum atomic E-state index is 9.73. The highest BCUT2D eigenvalue weighted by atomic mass is 16.4. The first-order valence-electron chi connectivity index (χ1n) is 8.37. The van der Waals surface area contributed by atoms with E-state index < -0.39 is 31.0 Å². The van der Waals surface area contributed by atoms with Crippen molar-refractivity contribution in [3.05, 3.63) is 0 Å². The maximum absolute atomic E-state index is 9.73. The van der Waals surface area contributed by atoms with Crippen LogP contribution in [-0.4, -0.2) is 56.6 Å². The van der Waals surface area contributed by atoms with Gasteiger partial charge in [0.1, 0.15) is 18.3 Å².